The second-order valence-corrected chi connectivity index (χ2v) is 6.05. The molecular formula is C16H30N4O. The van der Waals surface area contributed by atoms with Crippen molar-refractivity contribution in [2.45, 2.75) is 77.0 Å². The van der Waals surface area contributed by atoms with E-state index in [4.69, 9.17) is 15.7 Å². The standard InChI is InChI=1S/C16H30N4O/c1-3-15(4-2)20-9-8-13(19-20)11-14(18-17)12-16-7-5-6-10-21-16/h8-9,14-16,18H,3-7,10-12,17H2,1-2H3. The van der Waals surface area contributed by atoms with Crippen LogP contribution < -0.4 is 11.3 Å². The summed E-state index contributed by atoms with van der Waals surface area (Å²) in [6.07, 6.45) is 10.1. The van der Waals surface area contributed by atoms with Crippen LogP contribution in [0.2, 0.25) is 0 Å². The summed E-state index contributed by atoms with van der Waals surface area (Å²) in [7, 11) is 0. The van der Waals surface area contributed by atoms with Crippen LogP contribution in [-0.2, 0) is 11.2 Å². The van der Waals surface area contributed by atoms with Gasteiger partial charge in [-0.25, -0.2) is 0 Å². The van der Waals surface area contributed by atoms with Crippen LogP contribution in [0, 0.1) is 0 Å². The monoisotopic (exact) mass is 294 g/mol. The van der Waals surface area contributed by atoms with Gasteiger partial charge in [0.15, 0.2) is 0 Å². The number of aromatic nitrogens is 2. The van der Waals surface area contributed by atoms with E-state index in [1.807, 2.05) is 0 Å². The minimum absolute atomic E-state index is 0.234. The summed E-state index contributed by atoms with van der Waals surface area (Å²) >= 11 is 0. The average Bonchev–Trinajstić information content (AvgIpc) is 2.97. The Kier molecular flexibility index (Phi) is 6.67. The van der Waals surface area contributed by atoms with Gasteiger partial charge in [-0.15, -0.1) is 0 Å². The molecular weight excluding hydrogens is 264 g/mol. The van der Waals surface area contributed by atoms with Crippen LogP contribution >= 0.6 is 0 Å². The third kappa shape index (κ3) is 4.80. The number of rotatable bonds is 8. The zero-order valence-electron chi connectivity index (χ0n) is 13.4. The Morgan fingerprint density at radius 2 is 2.24 bits per heavy atom. The van der Waals surface area contributed by atoms with Gasteiger partial charge in [0.25, 0.3) is 0 Å². The fraction of sp³-hybridized carbons (Fsp3) is 0.812. The molecule has 0 radical (unpaired) electrons. The molecule has 2 heterocycles. The first kappa shape index (κ1) is 16.5. The Balaban J connectivity index is 1.88. The van der Waals surface area contributed by atoms with Crippen molar-refractivity contribution in [2.24, 2.45) is 5.84 Å². The number of nitrogens with zero attached hydrogens (tertiary/aromatic N) is 2. The predicted octanol–water partition coefficient (Wildman–Crippen LogP) is 2.58. The molecule has 0 aromatic carbocycles. The highest BCUT2D eigenvalue weighted by molar-refractivity contribution is 5.02. The summed E-state index contributed by atoms with van der Waals surface area (Å²) < 4.78 is 7.90. The van der Waals surface area contributed by atoms with Gasteiger partial charge in [-0.05, 0) is 44.6 Å². The van der Waals surface area contributed by atoms with E-state index in [2.05, 4.69) is 36.2 Å². The van der Waals surface area contributed by atoms with E-state index in [1.54, 1.807) is 0 Å². The summed E-state index contributed by atoms with van der Waals surface area (Å²) in [6, 6.07) is 2.85. The lowest BCUT2D eigenvalue weighted by Gasteiger charge is -2.26. The first-order valence-corrected chi connectivity index (χ1v) is 8.38. The Bertz CT molecular complexity index is 397. The fourth-order valence-corrected chi connectivity index (χ4v) is 3.13. The number of nitrogens with one attached hydrogen (secondary N) is 1. The molecule has 0 amide bonds. The minimum Gasteiger partial charge on any atom is -0.378 e. The molecule has 1 fully saturated rings. The average molecular weight is 294 g/mol. The highest BCUT2D eigenvalue weighted by atomic mass is 16.5. The van der Waals surface area contributed by atoms with Gasteiger partial charge in [-0.3, -0.25) is 16.0 Å². The first-order valence-electron chi connectivity index (χ1n) is 8.38. The van der Waals surface area contributed by atoms with Gasteiger partial charge in [0, 0.05) is 25.3 Å². The number of nitrogens with two attached hydrogens (primary N) is 1. The summed E-state index contributed by atoms with van der Waals surface area (Å²) in [5.74, 6) is 5.72. The molecule has 21 heavy (non-hydrogen) atoms. The minimum atomic E-state index is 0.234. The number of hydrazine groups is 1. The van der Waals surface area contributed by atoms with Gasteiger partial charge in [0.1, 0.15) is 0 Å². The van der Waals surface area contributed by atoms with E-state index in [0.717, 1.165) is 44.4 Å². The van der Waals surface area contributed by atoms with Crippen LogP contribution in [-0.4, -0.2) is 28.5 Å². The molecule has 120 valence electrons. The van der Waals surface area contributed by atoms with Crippen molar-refractivity contribution in [3.05, 3.63) is 18.0 Å². The Labute approximate surface area is 128 Å². The third-order valence-electron chi connectivity index (χ3n) is 4.49. The number of ether oxygens (including phenoxy) is 1. The molecule has 1 aromatic rings. The maximum atomic E-state index is 5.81. The normalized spacial score (nSPS) is 20.9. The Morgan fingerprint density at radius 3 is 2.86 bits per heavy atom. The van der Waals surface area contributed by atoms with E-state index >= 15 is 0 Å². The summed E-state index contributed by atoms with van der Waals surface area (Å²) in [5.41, 5.74) is 4.05. The molecule has 1 aliphatic rings. The molecule has 1 saturated heterocycles. The molecule has 1 aromatic heterocycles. The number of hydrogen-bond donors (Lipinski definition) is 2. The van der Waals surface area contributed by atoms with Crippen molar-refractivity contribution >= 4 is 0 Å². The Morgan fingerprint density at radius 1 is 1.43 bits per heavy atom. The van der Waals surface area contributed by atoms with Crippen molar-refractivity contribution in [2.75, 3.05) is 6.61 Å². The molecule has 3 N–H and O–H groups in total. The van der Waals surface area contributed by atoms with E-state index in [9.17, 15) is 0 Å². The molecule has 0 saturated carbocycles. The van der Waals surface area contributed by atoms with Crippen LogP contribution in [0.4, 0.5) is 0 Å². The molecule has 0 aliphatic carbocycles. The highest BCUT2D eigenvalue weighted by Crippen LogP contribution is 2.19. The van der Waals surface area contributed by atoms with E-state index in [0.29, 0.717) is 12.1 Å². The van der Waals surface area contributed by atoms with Crippen LogP contribution in [0.1, 0.15) is 64.1 Å². The van der Waals surface area contributed by atoms with Crippen LogP contribution in [0.25, 0.3) is 0 Å². The summed E-state index contributed by atoms with van der Waals surface area (Å²) in [4.78, 5) is 0. The second kappa shape index (κ2) is 8.51. The summed E-state index contributed by atoms with van der Waals surface area (Å²) in [5, 5.41) is 4.71. The smallest absolute Gasteiger partial charge is 0.0640 e. The molecule has 2 rings (SSSR count). The van der Waals surface area contributed by atoms with Gasteiger partial charge in [-0.2, -0.15) is 5.10 Å². The number of hydrogen-bond acceptors (Lipinski definition) is 4. The van der Waals surface area contributed by atoms with Crippen molar-refractivity contribution < 1.29 is 4.74 Å². The predicted molar refractivity (Wildman–Crippen MR) is 84.9 cm³/mol. The third-order valence-corrected chi connectivity index (χ3v) is 4.49. The van der Waals surface area contributed by atoms with Gasteiger partial charge >= 0.3 is 0 Å². The topological polar surface area (TPSA) is 65.1 Å². The van der Waals surface area contributed by atoms with Gasteiger partial charge < -0.3 is 4.74 Å². The SMILES string of the molecule is CCC(CC)n1ccc(CC(CC2CCCCO2)NN)n1. The van der Waals surface area contributed by atoms with Gasteiger partial charge in [-0.1, -0.05) is 13.8 Å². The van der Waals surface area contributed by atoms with Crippen molar-refractivity contribution in [3.8, 4) is 0 Å². The molecule has 2 atom stereocenters. The fourth-order valence-electron chi connectivity index (χ4n) is 3.13. The van der Waals surface area contributed by atoms with Crippen molar-refractivity contribution in [3.63, 3.8) is 0 Å². The quantitative estimate of drug-likeness (QED) is 0.571. The van der Waals surface area contributed by atoms with Crippen LogP contribution in [0.5, 0.6) is 0 Å². The zero-order chi connectivity index (χ0) is 15.1. The molecule has 2 unspecified atom stereocenters. The van der Waals surface area contributed by atoms with Crippen molar-refractivity contribution in [1.82, 2.24) is 15.2 Å². The molecule has 5 heteroatoms. The molecule has 1 aliphatic heterocycles. The van der Waals surface area contributed by atoms with Gasteiger partial charge in [0.05, 0.1) is 17.8 Å². The van der Waals surface area contributed by atoms with E-state index < -0.39 is 0 Å². The highest BCUT2D eigenvalue weighted by Gasteiger charge is 2.20. The molecule has 0 spiro atoms. The first-order chi connectivity index (χ1) is 10.3. The maximum Gasteiger partial charge on any atom is 0.0640 e. The molecule has 0 bridgehead atoms. The second-order valence-electron chi connectivity index (χ2n) is 6.05. The van der Waals surface area contributed by atoms with Crippen LogP contribution in [0.15, 0.2) is 12.3 Å². The van der Waals surface area contributed by atoms with E-state index in [1.165, 1.54) is 12.8 Å². The largest absolute Gasteiger partial charge is 0.378 e. The van der Waals surface area contributed by atoms with E-state index in [-0.39, 0.29) is 6.04 Å². The zero-order valence-corrected chi connectivity index (χ0v) is 13.4. The lowest BCUT2D eigenvalue weighted by molar-refractivity contribution is 0.00518. The van der Waals surface area contributed by atoms with Crippen molar-refractivity contribution in [1.29, 1.82) is 0 Å². The Hall–Kier alpha value is -0.910. The lowest BCUT2D eigenvalue weighted by Crippen LogP contribution is -2.40. The van der Waals surface area contributed by atoms with Gasteiger partial charge in [0.2, 0.25) is 0 Å². The lowest BCUT2D eigenvalue weighted by atomic mass is 9.99. The molecule has 5 nitrogen and oxygen atoms in total. The summed E-state index contributed by atoms with van der Waals surface area (Å²) in [6.45, 7) is 5.31. The maximum absolute atomic E-state index is 5.81. The van der Waals surface area contributed by atoms with Crippen LogP contribution in [0.3, 0.4) is 0 Å².